The first-order chi connectivity index (χ1) is 14.2. The molecular weight excluding hydrogens is 360 g/mol. The summed E-state index contributed by atoms with van der Waals surface area (Å²) < 4.78 is 6.24. The molecule has 0 aliphatic carbocycles. The van der Waals surface area contributed by atoms with Crippen molar-refractivity contribution in [2.45, 2.75) is 6.42 Å². The van der Waals surface area contributed by atoms with Crippen LogP contribution in [0.4, 0.5) is 0 Å². The third-order valence-electron chi connectivity index (χ3n) is 5.22. The lowest BCUT2D eigenvalue weighted by Gasteiger charge is -2.06. The highest BCUT2D eigenvalue weighted by molar-refractivity contribution is 6.12. The summed E-state index contributed by atoms with van der Waals surface area (Å²) in [6, 6.07) is 28.3. The molecule has 0 aliphatic heterocycles. The van der Waals surface area contributed by atoms with Crippen LogP contribution in [-0.4, -0.2) is 10.9 Å². The van der Waals surface area contributed by atoms with Crippen molar-refractivity contribution >= 4 is 27.5 Å². The molecule has 0 radical (unpaired) electrons. The molecule has 0 saturated heterocycles. The van der Waals surface area contributed by atoms with Crippen molar-refractivity contribution in [2.75, 3.05) is 0 Å². The minimum Gasteiger partial charge on any atom is -0.508 e. The second-order valence-electron chi connectivity index (χ2n) is 7.09. The van der Waals surface area contributed by atoms with Crippen LogP contribution < -0.4 is 0 Å². The molecule has 3 nitrogen and oxygen atoms in total. The summed E-state index contributed by atoms with van der Waals surface area (Å²) in [4.78, 5) is 13.1. The van der Waals surface area contributed by atoms with Gasteiger partial charge in [-0.25, -0.2) is 0 Å². The standard InChI is InChI=1S/C26H18O3/c27-20-13-11-17-12-14-24-25(21(17)15-20)22(16-23(28)18-7-3-1-4-8-18)26(29-24)19-9-5-2-6-10-19/h1-15,27H,16H2. The quantitative estimate of drug-likeness (QED) is 0.369. The maximum absolute atomic E-state index is 13.1. The van der Waals surface area contributed by atoms with Crippen molar-refractivity contribution in [3.8, 4) is 17.1 Å². The maximum Gasteiger partial charge on any atom is 0.167 e. The number of furan rings is 1. The first kappa shape index (κ1) is 17.3. The zero-order valence-electron chi connectivity index (χ0n) is 15.6. The highest BCUT2D eigenvalue weighted by atomic mass is 16.3. The Bertz CT molecular complexity index is 1330. The molecule has 0 unspecified atom stereocenters. The van der Waals surface area contributed by atoms with Crippen molar-refractivity contribution < 1.29 is 14.3 Å². The molecule has 3 heteroatoms. The normalized spacial score (nSPS) is 11.2. The van der Waals surface area contributed by atoms with E-state index in [4.69, 9.17) is 4.42 Å². The molecule has 0 saturated carbocycles. The summed E-state index contributed by atoms with van der Waals surface area (Å²) in [5, 5.41) is 12.8. The summed E-state index contributed by atoms with van der Waals surface area (Å²) >= 11 is 0. The fourth-order valence-corrected chi connectivity index (χ4v) is 3.85. The van der Waals surface area contributed by atoms with Crippen LogP contribution in [0.15, 0.2) is 95.4 Å². The number of carbonyl (C=O) groups is 1. The van der Waals surface area contributed by atoms with Gasteiger partial charge in [0.1, 0.15) is 17.1 Å². The fraction of sp³-hybridized carbons (Fsp3) is 0.0385. The van der Waals surface area contributed by atoms with Gasteiger partial charge in [0.05, 0.1) is 0 Å². The van der Waals surface area contributed by atoms with E-state index in [1.165, 1.54) is 0 Å². The molecule has 5 rings (SSSR count). The molecule has 0 aliphatic rings. The molecule has 29 heavy (non-hydrogen) atoms. The topological polar surface area (TPSA) is 50.4 Å². The molecule has 1 aromatic heterocycles. The zero-order valence-corrected chi connectivity index (χ0v) is 15.6. The van der Waals surface area contributed by atoms with Crippen molar-refractivity contribution in [3.05, 3.63) is 102 Å². The largest absolute Gasteiger partial charge is 0.508 e. The first-order valence-electron chi connectivity index (χ1n) is 9.51. The lowest BCUT2D eigenvalue weighted by Crippen LogP contribution is -2.04. The number of rotatable bonds is 4. The molecule has 1 heterocycles. The van der Waals surface area contributed by atoms with E-state index in [9.17, 15) is 9.90 Å². The number of Topliss-reactive ketones (excluding diaryl/α,β-unsaturated/α-hetero) is 1. The average Bonchev–Trinajstić information content (AvgIpc) is 3.13. The second-order valence-corrected chi connectivity index (χ2v) is 7.09. The molecule has 140 valence electrons. The Hall–Kier alpha value is -3.85. The number of fused-ring (bicyclic) bond motifs is 3. The van der Waals surface area contributed by atoms with Crippen molar-refractivity contribution in [3.63, 3.8) is 0 Å². The summed E-state index contributed by atoms with van der Waals surface area (Å²) in [5.74, 6) is 0.913. The third kappa shape index (κ3) is 3.07. The van der Waals surface area contributed by atoms with Gasteiger partial charge in [-0.1, -0.05) is 72.8 Å². The lowest BCUT2D eigenvalue weighted by molar-refractivity contribution is 0.0993. The van der Waals surface area contributed by atoms with Crippen LogP contribution >= 0.6 is 0 Å². The van der Waals surface area contributed by atoms with Crippen LogP contribution in [0.25, 0.3) is 33.1 Å². The van der Waals surface area contributed by atoms with Crippen molar-refractivity contribution in [1.29, 1.82) is 0 Å². The number of phenolic OH excluding ortho intramolecular Hbond substituents is 1. The van der Waals surface area contributed by atoms with Gasteiger partial charge >= 0.3 is 0 Å². The third-order valence-corrected chi connectivity index (χ3v) is 5.22. The SMILES string of the molecule is O=C(Cc1c(-c2ccccc2)oc2ccc3ccc(O)cc3c12)c1ccccc1. The van der Waals surface area contributed by atoms with E-state index < -0.39 is 0 Å². The Labute approximate surface area is 167 Å². The van der Waals surface area contributed by atoms with Gasteiger partial charge in [-0.2, -0.15) is 0 Å². The maximum atomic E-state index is 13.1. The summed E-state index contributed by atoms with van der Waals surface area (Å²) in [5.41, 5.74) is 3.14. The monoisotopic (exact) mass is 378 g/mol. The lowest BCUT2D eigenvalue weighted by atomic mass is 9.95. The van der Waals surface area contributed by atoms with E-state index in [1.54, 1.807) is 12.1 Å². The van der Waals surface area contributed by atoms with E-state index in [-0.39, 0.29) is 18.0 Å². The van der Waals surface area contributed by atoms with Crippen molar-refractivity contribution in [1.82, 2.24) is 0 Å². The Morgan fingerprint density at radius 3 is 2.28 bits per heavy atom. The molecule has 0 atom stereocenters. The minimum absolute atomic E-state index is 0.0302. The van der Waals surface area contributed by atoms with Gasteiger partial charge in [-0.15, -0.1) is 0 Å². The fourth-order valence-electron chi connectivity index (χ4n) is 3.85. The molecule has 0 spiro atoms. The van der Waals surface area contributed by atoms with Crippen LogP contribution in [0.2, 0.25) is 0 Å². The van der Waals surface area contributed by atoms with Gasteiger partial charge in [0, 0.05) is 28.5 Å². The Morgan fingerprint density at radius 1 is 0.828 bits per heavy atom. The van der Waals surface area contributed by atoms with Crippen LogP contribution in [0, 0.1) is 0 Å². The Morgan fingerprint density at radius 2 is 1.52 bits per heavy atom. The van der Waals surface area contributed by atoms with Crippen LogP contribution in [0.5, 0.6) is 5.75 Å². The zero-order chi connectivity index (χ0) is 19.8. The van der Waals surface area contributed by atoms with E-state index in [0.29, 0.717) is 16.9 Å². The smallest absolute Gasteiger partial charge is 0.167 e. The summed E-state index contributed by atoms with van der Waals surface area (Å²) in [6.07, 6.45) is 0.218. The predicted octanol–water partition coefficient (Wildman–Crippen LogP) is 6.38. The number of phenols is 1. The van der Waals surface area contributed by atoms with Gasteiger partial charge in [0.2, 0.25) is 0 Å². The first-order valence-corrected chi connectivity index (χ1v) is 9.51. The molecule has 1 N–H and O–H groups in total. The van der Waals surface area contributed by atoms with Gasteiger partial charge < -0.3 is 9.52 Å². The van der Waals surface area contributed by atoms with Crippen LogP contribution in [-0.2, 0) is 6.42 Å². The summed E-state index contributed by atoms with van der Waals surface area (Å²) in [7, 11) is 0. The molecule has 0 amide bonds. The molecule has 5 aromatic rings. The minimum atomic E-state index is 0.0302. The van der Waals surface area contributed by atoms with Crippen LogP contribution in [0.3, 0.4) is 0 Å². The number of hydrogen-bond donors (Lipinski definition) is 1. The van der Waals surface area contributed by atoms with Crippen molar-refractivity contribution in [2.24, 2.45) is 0 Å². The number of benzene rings is 4. The summed E-state index contributed by atoms with van der Waals surface area (Å²) in [6.45, 7) is 0. The highest BCUT2D eigenvalue weighted by Crippen LogP contribution is 2.39. The predicted molar refractivity (Wildman–Crippen MR) is 115 cm³/mol. The van der Waals surface area contributed by atoms with E-state index in [2.05, 4.69) is 0 Å². The van der Waals surface area contributed by atoms with Gasteiger partial charge in [0.25, 0.3) is 0 Å². The molecule has 0 bridgehead atoms. The number of carbonyl (C=O) groups excluding carboxylic acids is 1. The van der Waals surface area contributed by atoms with Gasteiger partial charge in [-0.3, -0.25) is 4.79 Å². The molecular formula is C26H18O3. The number of hydrogen-bond acceptors (Lipinski definition) is 3. The second kappa shape index (κ2) is 6.95. The Kier molecular flexibility index (Phi) is 4.14. The van der Waals surface area contributed by atoms with Crippen LogP contribution in [0.1, 0.15) is 15.9 Å². The molecule has 0 fully saturated rings. The van der Waals surface area contributed by atoms with E-state index >= 15 is 0 Å². The van der Waals surface area contributed by atoms with E-state index in [1.807, 2.05) is 78.9 Å². The highest BCUT2D eigenvalue weighted by Gasteiger charge is 2.21. The van der Waals surface area contributed by atoms with Gasteiger partial charge in [-0.05, 0) is 29.0 Å². The molecule has 4 aromatic carbocycles. The number of ketones is 1. The van der Waals surface area contributed by atoms with Gasteiger partial charge in [0.15, 0.2) is 5.78 Å². The Balaban J connectivity index is 1.78. The average molecular weight is 378 g/mol. The number of aromatic hydroxyl groups is 1. The van der Waals surface area contributed by atoms with E-state index in [0.717, 1.165) is 27.3 Å².